The molecule has 134 valence electrons. The summed E-state index contributed by atoms with van der Waals surface area (Å²) in [5.41, 5.74) is 1.12. The summed E-state index contributed by atoms with van der Waals surface area (Å²) in [6.45, 7) is 7.23. The lowest BCUT2D eigenvalue weighted by Crippen LogP contribution is -2.33. The highest BCUT2D eigenvalue weighted by Crippen LogP contribution is 2.14. The van der Waals surface area contributed by atoms with Crippen molar-refractivity contribution in [2.24, 2.45) is 5.92 Å². The number of aryl methyl sites for hydroxylation is 1. The highest BCUT2D eigenvalue weighted by atomic mass is 16.1. The van der Waals surface area contributed by atoms with Crippen LogP contribution in [-0.4, -0.2) is 33.9 Å². The molecular formula is C18H26N6O. The van der Waals surface area contributed by atoms with Crippen LogP contribution in [0.4, 0.5) is 17.5 Å². The van der Waals surface area contributed by atoms with Crippen molar-refractivity contribution < 1.29 is 4.79 Å². The van der Waals surface area contributed by atoms with Crippen LogP contribution in [0.5, 0.6) is 0 Å². The molecule has 0 saturated carbocycles. The first-order valence-corrected chi connectivity index (χ1v) is 8.65. The molecule has 0 aliphatic rings. The monoisotopic (exact) mass is 342 g/mol. The van der Waals surface area contributed by atoms with Gasteiger partial charge in [-0.2, -0.15) is 0 Å². The van der Waals surface area contributed by atoms with Crippen LogP contribution in [0.15, 0.2) is 30.7 Å². The number of hydrogen-bond acceptors (Lipinski definition) is 6. The smallest absolute Gasteiger partial charge is 0.223 e. The number of aromatic nitrogens is 3. The van der Waals surface area contributed by atoms with Gasteiger partial charge in [0, 0.05) is 31.3 Å². The van der Waals surface area contributed by atoms with Crippen molar-refractivity contribution in [2.75, 3.05) is 23.7 Å². The van der Waals surface area contributed by atoms with E-state index >= 15 is 0 Å². The third-order valence-electron chi connectivity index (χ3n) is 3.93. The zero-order valence-electron chi connectivity index (χ0n) is 15.0. The van der Waals surface area contributed by atoms with Crippen molar-refractivity contribution in [1.82, 2.24) is 20.3 Å². The summed E-state index contributed by atoms with van der Waals surface area (Å²) in [7, 11) is 0. The number of amides is 1. The van der Waals surface area contributed by atoms with Crippen molar-refractivity contribution in [1.29, 1.82) is 0 Å². The summed E-state index contributed by atoms with van der Waals surface area (Å²) >= 11 is 0. The molecule has 25 heavy (non-hydrogen) atoms. The molecule has 0 aliphatic heterocycles. The Hall–Kier alpha value is -2.70. The van der Waals surface area contributed by atoms with Crippen molar-refractivity contribution in [3.8, 4) is 0 Å². The second kappa shape index (κ2) is 9.56. The summed E-state index contributed by atoms with van der Waals surface area (Å²) in [5.74, 6) is 2.31. The van der Waals surface area contributed by atoms with Gasteiger partial charge in [-0.1, -0.05) is 13.8 Å². The van der Waals surface area contributed by atoms with Crippen molar-refractivity contribution in [2.45, 2.75) is 33.6 Å². The zero-order valence-corrected chi connectivity index (χ0v) is 15.0. The number of anilines is 3. The summed E-state index contributed by atoms with van der Waals surface area (Å²) in [4.78, 5) is 24.6. The summed E-state index contributed by atoms with van der Waals surface area (Å²) < 4.78 is 0. The molecule has 7 heteroatoms. The number of rotatable bonds is 9. The van der Waals surface area contributed by atoms with Gasteiger partial charge in [-0.3, -0.25) is 4.79 Å². The Kier molecular flexibility index (Phi) is 7.13. The minimum Gasteiger partial charge on any atom is -0.368 e. The predicted octanol–water partition coefficient (Wildman–Crippen LogP) is 2.89. The number of hydrogen-bond donors (Lipinski definition) is 3. The maximum absolute atomic E-state index is 11.9. The minimum absolute atomic E-state index is 0.0942. The summed E-state index contributed by atoms with van der Waals surface area (Å²) in [6, 6.07) is 5.70. The van der Waals surface area contributed by atoms with Gasteiger partial charge in [-0.15, -0.1) is 0 Å². The van der Waals surface area contributed by atoms with Gasteiger partial charge in [0.05, 0.1) is 0 Å². The Morgan fingerprint density at radius 3 is 2.48 bits per heavy atom. The van der Waals surface area contributed by atoms with Gasteiger partial charge >= 0.3 is 0 Å². The lowest BCUT2D eigenvalue weighted by Gasteiger charge is -2.13. The number of nitrogens with one attached hydrogen (secondary N) is 3. The first-order chi connectivity index (χ1) is 12.1. The fraction of sp³-hybridized carbons (Fsp3) is 0.444. The van der Waals surface area contributed by atoms with E-state index in [-0.39, 0.29) is 11.8 Å². The van der Waals surface area contributed by atoms with Crippen LogP contribution in [0.3, 0.4) is 0 Å². The quantitative estimate of drug-likeness (QED) is 0.607. The topological polar surface area (TPSA) is 91.8 Å². The van der Waals surface area contributed by atoms with Gasteiger partial charge in [0.2, 0.25) is 5.91 Å². The van der Waals surface area contributed by atoms with E-state index in [1.165, 1.54) is 6.33 Å². The predicted molar refractivity (Wildman–Crippen MR) is 99.9 cm³/mol. The molecule has 0 aliphatic carbocycles. The maximum Gasteiger partial charge on any atom is 0.223 e. The van der Waals surface area contributed by atoms with Crippen LogP contribution in [0, 0.1) is 12.8 Å². The van der Waals surface area contributed by atoms with Gasteiger partial charge in [0.15, 0.2) is 0 Å². The average Bonchev–Trinajstić information content (AvgIpc) is 2.60. The Balaban J connectivity index is 1.82. The van der Waals surface area contributed by atoms with E-state index in [0.717, 1.165) is 24.2 Å². The second-order valence-corrected chi connectivity index (χ2v) is 5.86. The van der Waals surface area contributed by atoms with Crippen LogP contribution in [0.2, 0.25) is 0 Å². The summed E-state index contributed by atoms with van der Waals surface area (Å²) in [6.07, 6.45) is 4.97. The molecule has 0 atom stereocenters. The van der Waals surface area contributed by atoms with E-state index < -0.39 is 0 Å². The number of carbonyl (C=O) groups excluding carboxylic acids is 1. The first kappa shape index (κ1) is 18.6. The fourth-order valence-electron chi connectivity index (χ4n) is 2.44. The average molecular weight is 342 g/mol. The molecule has 0 spiro atoms. The molecule has 2 rings (SSSR count). The van der Waals surface area contributed by atoms with Crippen LogP contribution in [0.1, 0.15) is 32.3 Å². The third kappa shape index (κ3) is 6.02. The lowest BCUT2D eigenvalue weighted by atomic mass is 10.0. The zero-order chi connectivity index (χ0) is 18.1. The van der Waals surface area contributed by atoms with Crippen molar-refractivity contribution >= 4 is 23.4 Å². The van der Waals surface area contributed by atoms with E-state index in [4.69, 9.17) is 0 Å². The minimum atomic E-state index is 0.0942. The summed E-state index contributed by atoms with van der Waals surface area (Å²) in [5, 5.41) is 9.28. The van der Waals surface area contributed by atoms with Crippen LogP contribution >= 0.6 is 0 Å². The molecule has 2 aromatic rings. The van der Waals surface area contributed by atoms with Gasteiger partial charge < -0.3 is 16.0 Å². The molecule has 0 saturated heterocycles. The fourth-order valence-corrected chi connectivity index (χ4v) is 2.44. The third-order valence-corrected chi connectivity index (χ3v) is 3.93. The molecule has 0 bridgehead atoms. The Labute approximate surface area is 148 Å². The highest BCUT2D eigenvalue weighted by molar-refractivity contribution is 5.78. The van der Waals surface area contributed by atoms with Gasteiger partial charge in [0.25, 0.3) is 0 Å². The largest absolute Gasteiger partial charge is 0.368 e. The normalized spacial score (nSPS) is 10.6. The van der Waals surface area contributed by atoms with E-state index in [0.29, 0.717) is 24.7 Å². The standard InChI is InChI=1S/C18H26N6O/c1-4-14(5-2)18(25)21-9-8-20-15-11-17(23-12-22-15)24-16-10-13(3)6-7-19-16/h6-7,10-12,14H,4-5,8-9H2,1-3H3,(H,21,25)(H2,19,20,22,23,24). The second-order valence-electron chi connectivity index (χ2n) is 5.86. The first-order valence-electron chi connectivity index (χ1n) is 8.65. The Morgan fingerprint density at radius 2 is 1.76 bits per heavy atom. The van der Waals surface area contributed by atoms with E-state index in [9.17, 15) is 4.79 Å². The van der Waals surface area contributed by atoms with E-state index in [1.54, 1.807) is 6.20 Å². The van der Waals surface area contributed by atoms with E-state index in [1.807, 2.05) is 39.0 Å². The maximum atomic E-state index is 11.9. The highest BCUT2D eigenvalue weighted by Gasteiger charge is 2.12. The Morgan fingerprint density at radius 1 is 1.04 bits per heavy atom. The van der Waals surface area contributed by atoms with Crippen LogP contribution in [-0.2, 0) is 4.79 Å². The van der Waals surface area contributed by atoms with E-state index in [2.05, 4.69) is 30.9 Å². The molecule has 3 N–H and O–H groups in total. The van der Waals surface area contributed by atoms with Gasteiger partial charge in [0.1, 0.15) is 23.8 Å². The van der Waals surface area contributed by atoms with Crippen molar-refractivity contribution in [3.63, 3.8) is 0 Å². The number of carbonyl (C=O) groups is 1. The molecular weight excluding hydrogens is 316 g/mol. The molecule has 2 heterocycles. The molecule has 1 amide bonds. The molecule has 2 aromatic heterocycles. The molecule has 0 radical (unpaired) electrons. The Bertz CT molecular complexity index is 687. The lowest BCUT2D eigenvalue weighted by molar-refractivity contribution is -0.125. The molecule has 0 fully saturated rings. The molecule has 0 aromatic carbocycles. The van der Waals surface area contributed by atoms with Gasteiger partial charge in [-0.25, -0.2) is 15.0 Å². The number of pyridine rings is 1. The van der Waals surface area contributed by atoms with Crippen LogP contribution in [0.25, 0.3) is 0 Å². The molecule has 0 unspecified atom stereocenters. The SMILES string of the molecule is CCC(CC)C(=O)NCCNc1cc(Nc2cc(C)ccn2)ncn1. The number of nitrogens with zero attached hydrogens (tertiary/aromatic N) is 3. The van der Waals surface area contributed by atoms with Crippen molar-refractivity contribution in [3.05, 3.63) is 36.3 Å². The van der Waals surface area contributed by atoms with Crippen LogP contribution < -0.4 is 16.0 Å². The van der Waals surface area contributed by atoms with Gasteiger partial charge in [-0.05, 0) is 37.5 Å². The molecule has 7 nitrogen and oxygen atoms in total.